The Morgan fingerprint density at radius 2 is 2.03 bits per heavy atom. The summed E-state index contributed by atoms with van der Waals surface area (Å²) in [5.74, 6) is 0.470. The molecule has 0 saturated heterocycles. The molecule has 9 heteroatoms. The molecule has 0 radical (unpaired) electrons. The minimum atomic E-state index is -0.848. The second kappa shape index (κ2) is 8.93. The van der Waals surface area contributed by atoms with Crippen molar-refractivity contribution in [3.63, 3.8) is 0 Å². The van der Waals surface area contributed by atoms with Crippen molar-refractivity contribution < 1.29 is 14.2 Å². The van der Waals surface area contributed by atoms with Crippen molar-refractivity contribution in [2.45, 2.75) is 13.0 Å². The van der Waals surface area contributed by atoms with Crippen LogP contribution in [0.1, 0.15) is 23.1 Å². The predicted molar refractivity (Wildman–Crippen MR) is 115 cm³/mol. The van der Waals surface area contributed by atoms with E-state index in [1.807, 2.05) is 0 Å². The first-order chi connectivity index (χ1) is 15.5. The largest absolute Gasteiger partial charge is 0.437 e. The fraction of sp³-hybridized carbons (Fsp3) is 0.130. The zero-order valence-corrected chi connectivity index (χ0v) is 17.1. The monoisotopic (exact) mass is 430 g/mol. The fourth-order valence-corrected chi connectivity index (χ4v) is 3.14. The molecule has 2 aromatic heterocycles. The van der Waals surface area contributed by atoms with Crippen LogP contribution in [-0.2, 0) is 0 Å². The maximum atomic E-state index is 14.3. The summed E-state index contributed by atoms with van der Waals surface area (Å²) in [6, 6.07) is 14.7. The second-order valence-electron chi connectivity index (χ2n) is 6.98. The number of benzene rings is 2. The zero-order valence-electron chi connectivity index (χ0n) is 17.1. The van der Waals surface area contributed by atoms with Gasteiger partial charge in [0, 0.05) is 36.0 Å². The Labute approximate surface area is 183 Å². The summed E-state index contributed by atoms with van der Waals surface area (Å²) in [5.41, 5.74) is 7.65. The Bertz CT molecular complexity index is 1310. The van der Waals surface area contributed by atoms with E-state index in [2.05, 4.69) is 21.1 Å². The Kier molecular flexibility index (Phi) is 5.89. The van der Waals surface area contributed by atoms with Gasteiger partial charge in [0.1, 0.15) is 17.3 Å². The molecule has 0 spiro atoms. The van der Waals surface area contributed by atoms with Crippen LogP contribution in [-0.4, -0.2) is 31.4 Å². The first kappa shape index (κ1) is 21.1. The highest BCUT2D eigenvalue weighted by Crippen LogP contribution is 2.31. The molecule has 0 unspecified atom stereocenters. The molecule has 0 aliphatic heterocycles. The third kappa shape index (κ3) is 4.32. The van der Waals surface area contributed by atoms with Crippen molar-refractivity contribution >= 4 is 0 Å². The summed E-state index contributed by atoms with van der Waals surface area (Å²) in [4.78, 5) is 8.61. The molecule has 8 nitrogen and oxygen atoms in total. The molecular weight excluding hydrogens is 411 g/mol. The molecule has 0 saturated carbocycles. The van der Waals surface area contributed by atoms with Crippen molar-refractivity contribution in [1.82, 2.24) is 19.7 Å². The number of aliphatic hydroxyl groups is 1. The van der Waals surface area contributed by atoms with Crippen LogP contribution in [0, 0.1) is 24.1 Å². The van der Waals surface area contributed by atoms with Crippen LogP contribution in [0.25, 0.3) is 16.9 Å². The molecule has 0 aliphatic carbocycles. The van der Waals surface area contributed by atoms with Gasteiger partial charge in [-0.25, -0.2) is 14.1 Å². The summed E-state index contributed by atoms with van der Waals surface area (Å²) in [6.45, 7) is 1.74. The van der Waals surface area contributed by atoms with E-state index in [0.29, 0.717) is 39.6 Å². The SMILES string of the molecule is Cc1nc(Oc2cc(C#N)ccc2-n2cc([C@H](O)CN)cn2)cc(-c2ccccc2F)n1. The predicted octanol–water partition coefficient (Wildman–Crippen LogP) is 3.43. The van der Waals surface area contributed by atoms with E-state index in [0.717, 1.165) is 0 Å². The third-order valence-electron chi connectivity index (χ3n) is 4.73. The van der Waals surface area contributed by atoms with Crippen LogP contribution in [0.4, 0.5) is 4.39 Å². The van der Waals surface area contributed by atoms with E-state index >= 15 is 0 Å². The molecule has 0 aliphatic rings. The highest BCUT2D eigenvalue weighted by atomic mass is 19.1. The zero-order chi connectivity index (χ0) is 22.7. The maximum absolute atomic E-state index is 14.3. The van der Waals surface area contributed by atoms with Crippen molar-refractivity contribution in [3.8, 4) is 34.6 Å². The van der Waals surface area contributed by atoms with Gasteiger partial charge in [-0.1, -0.05) is 12.1 Å². The molecular formula is C23H19FN6O2. The number of nitrogens with zero attached hydrogens (tertiary/aromatic N) is 5. The van der Waals surface area contributed by atoms with Gasteiger partial charge < -0.3 is 15.6 Å². The molecule has 4 aromatic rings. The highest BCUT2D eigenvalue weighted by Gasteiger charge is 2.15. The number of halogens is 1. The molecule has 0 amide bonds. The number of hydrogen-bond donors (Lipinski definition) is 2. The molecule has 2 aromatic carbocycles. The smallest absolute Gasteiger partial charge is 0.223 e. The second-order valence-corrected chi connectivity index (χ2v) is 6.98. The lowest BCUT2D eigenvalue weighted by Gasteiger charge is -2.13. The van der Waals surface area contributed by atoms with E-state index in [1.54, 1.807) is 49.5 Å². The number of hydrogen-bond acceptors (Lipinski definition) is 7. The van der Waals surface area contributed by atoms with Crippen molar-refractivity contribution in [2.24, 2.45) is 5.73 Å². The number of aromatic nitrogens is 4. The molecule has 0 bridgehead atoms. The lowest BCUT2D eigenvalue weighted by Crippen LogP contribution is -2.10. The van der Waals surface area contributed by atoms with Gasteiger partial charge in [-0.3, -0.25) is 0 Å². The van der Waals surface area contributed by atoms with E-state index in [-0.39, 0.29) is 12.4 Å². The van der Waals surface area contributed by atoms with Crippen LogP contribution >= 0.6 is 0 Å². The number of nitrogens with two attached hydrogens (primary N) is 1. The number of aryl methyl sites for hydroxylation is 1. The average Bonchev–Trinajstić information content (AvgIpc) is 3.28. The van der Waals surface area contributed by atoms with Crippen LogP contribution in [0.2, 0.25) is 0 Å². The average molecular weight is 430 g/mol. The summed E-state index contributed by atoms with van der Waals surface area (Å²) in [7, 11) is 0. The van der Waals surface area contributed by atoms with Crippen LogP contribution in [0.3, 0.4) is 0 Å². The van der Waals surface area contributed by atoms with Gasteiger partial charge in [0.05, 0.1) is 29.6 Å². The minimum absolute atomic E-state index is 0.0570. The third-order valence-corrected chi connectivity index (χ3v) is 4.73. The Hall–Kier alpha value is -4.13. The van der Waals surface area contributed by atoms with E-state index in [4.69, 9.17) is 10.5 Å². The van der Waals surface area contributed by atoms with Gasteiger partial charge >= 0.3 is 0 Å². The Balaban J connectivity index is 1.75. The molecule has 1 atom stereocenters. The van der Waals surface area contributed by atoms with Gasteiger partial charge in [0.2, 0.25) is 5.88 Å². The minimum Gasteiger partial charge on any atom is -0.437 e. The van der Waals surface area contributed by atoms with Crippen LogP contribution in [0.5, 0.6) is 11.6 Å². The fourth-order valence-electron chi connectivity index (χ4n) is 3.14. The van der Waals surface area contributed by atoms with Gasteiger partial charge in [-0.05, 0) is 31.2 Å². The summed E-state index contributed by atoms with van der Waals surface area (Å²) in [6.07, 6.45) is 2.28. The summed E-state index contributed by atoms with van der Waals surface area (Å²) in [5, 5.41) is 23.6. The molecule has 3 N–H and O–H groups in total. The molecule has 4 rings (SSSR count). The number of ether oxygens (including phenoxy) is 1. The highest BCUT2D eigenvalue weighted by molar-refractivity contribution is 5.61. The standard InChI is InChI=1S/C23H19FN6O2/c1-14-28-19(17-4-2-3-5-18(17)24)9-23(29-14)32-22-8-15(10-25)6-7-20(22)30-13-16(12-27-30)21(31)11-26/h2-9,12-13,21,31H,11,26H2,1H3/t21-/m1/s1. The maximum Gasteiger partial charge on any atom is 0.223 e. The number of rotatable bonds is 6. The van der Waals surface area contributed by atoms with E-state index in [9.17, 15) is 14.8 Å². The molecule has 32 heavy (non-hydrogen) atoms. The molecule has 160 valence electrons. The van der Waals surface area contributed by atoms with E-state index in [1.165, 1.54) is 23.0 Å². The topological polar surface area (TPSA) is 123 Å². The normalized spacial score (nSPS) is 11.7. The van der Waals surface area contributed by atoms with Gasteiger partial charge in [-0.2, -0.15) is 15.3 Å². The molecule has 2 heterocycles. The Morgan fingerprint density at radius 1 is 1.22 bits per heavy atom. The van der Waals surface area contributed by atoms with Gasteiger partial charge in [-0.15, -0.1) is 0 Å². The summed E-state index contributed by atoms with van der Waals surface area (Å²) < 4.78 is 21.8. The first-order valence-corrected chi connectivity index (χ1v) is 9.74. The Morgan fingerprint density at radius 3 is 2.78 bits per heavy atom. The van der Waals surface area contributed by atoms with Gasteiger partial charge in [0.15, 0.2) is 5.75 Å². The molecule has 0 fully saturated rings. The number of nitriles is 1. The lowest BCUT2D eigenvalue weighted by atomic mass is 10.1. The van der Waals surface area contributed by atoms with Gasteiger partial charge in [0.25, 0.3) is 0 Å². The van der Waals surface area contributed by atoms with E-state index < -0.39 is 11.9 Å². The van der Waals surface area contributed by atoms with Crippen LogP contribution in [0.15, 0.2) is 60.9 Å². The lowest BCUT2D eigenvalue weighted by molar-refractivity contribution is 0.186. The van der Waals surface area contributed by atoms with Crippen molar-refractivity contribution in [3.05, 3.63) is 83.7 Å². The number of aliphatic hydroxyl groups excluding tert-OH is 1. The quantitative estimate of drug-likeness (QED) is 0.480. The first-order valence-electron chi connectivity index (χ1n) is 9.74. The van der Waals surface area contributed by atoms with Crippen LogP contribution < -0.4 is 10.5 Å². The van der Waals surface area contributed by atoms with Crippen molar-refractivity contribution in [1.29, 1.82) is 5.26 Å². The van der Waals surface area contributed by atoms with Crippen molar-refractivity contribution in [2.75, 3.05) is 6.54 Å². The summed E-state index contributed by atoms with van der Waals surface area (Å²) >= 11 is 0.